The minimum Gasteiger partial charge on any atom is -0.361 e. The number of ketones is 1. The molecule has 2 heterocycles. The van der Waals surface area contributed by atoms with E-state index in [-0.39, 0.29) is 5.78 Å². The molecule has 0 amide bonds. The number of carbonyl (C=O) groups excluding carboxylic acids is 1. The van der Waals surface area contributed by atoms with Crippen LogP contribution in [0.3, 0.4) is 0 Å². The highest BCUT2D eigenvalue weighted by molar-refractivity contribution is 7.18. The molecule has 2 aromatic carbocycles. The molecule has 6 heteroatoms. The van der Waals surface area contributed by atoms with E-state index >= 15 is 0 Å². The van der Waals surface area contributed by atoms with Crippen LogP contribution in [0.25, 0.3) is 22.4 Å². The SMILES string of the molecule is CN(C)Cc1ccc(-c2ccc(-c3cc(CCC(=O)c4ccc(Cl)s4)on3)cc2)cc1. The lowest BCUT2D eigenvalue weighted by molar-refractivity contribution is 0.0984. The van der Waals surface area contributed by atoms with Crippen molar-refractivity contribution in [2.45, 2.75) is 19.4 Å². The highest BCUT2D eigenvalue weighted by atomic mass is 35.5. The number of aryl methyl sites for hydroxylation is 1. The van der Waals surface area contributed by atoms with Crippen LogP contribution < -0.4 is 0 Å². The Morgan fingerprint density at radius 2 is 1.61 bits per heavy atom. The van der Waals surface area contributed by atoms with Crippen LogP contribution >= 0.6 is 22.9 Å². The van der Waals surface area contributed by atoms with E-state index in [4.69, 9.17) is 16.1 Å². The first-order valence-electron chi connectivity index (χ1n) is 10.1. The Kier molecular flexibility index (Phi) is 6.66. The summed E-state index contributed by atoms with van der Waals surface area (Å²) < 4.78 is 6.06. The van der Waals surface area contributed by atoms with Crippen LogP contribution in [0.5, 0.6) is 0 Å². The van der Waals surface area contributed by atoms with Crippen molar-refractivity contribution in [3.05, 3.63) is 87.3 Å². The van der Waals surface area contributed by atoms with Crippen molar-refractivity contribution < 1.29 is 9.32 Å². The number of benzene rings is 2. The molecule has 158 valence electrons. The van der Waals surface area contributed by atoms with Crippen molar-refractivity contribution in [1.29, 1.82) is 0 Å². The second-order valence-corrected chi connectivity index (χ2v) is 9.43. The molecule has 0 N–H and O–H groups in total. The molecule has 0 fully saturated rings. The molecule has 4 nitrogen and oxygen atoms in total. The average Bonchev–Trinajstić information content (AvgIpc) is 3.42. The zero-order valence-corrected chi connectivity index (χ0v) is 19.0. The first-order valence-corrected chi connectivity index (χ1v) is 11.3. The molecule has 0 spiro atoms. The molecule has 0 saturated heterocycles. The molecule has 0 radical (unpaired) electrons. The van der Waals surface area contributed by atoms with Crippen molar-refractivity contribution in [3.63, 3.8) is 0 Å². The number of halogens is 1. The van der Waals surface area contributed by atoms with Gasteiger partial charge in [0.05, 0.1) is 9.21 Å². The largest absolute Gasteiger partial charge is 0.361 e. The third-order valence-corrected chi connectivity index (χ3v) is 6.24. The van der Waals surface area contributed by atoms with Gasteiger partial charge in [-0.25, -0.2) is 0 Å². The van der Waals surface area contributed by atoms with E-state index in [0.717, 1.165) is 23.4 Å². The molecule has 4 rings (SSSR count). The Balaban J connectivity index is 1.39. The Morgan fingerprint density at radius 3 is 2.23 bits per heavy atom. The minimum atomic E-state index is 0.0656. The number of thiophene rings is 1. The van der Waals surface area contributed by atoms with E-state index in [1.54, 1.807) is 12.1 Å². The van der Waals surface area contributed by atoms with Crippen LogP contribution in [0.2, 0.25) is 4.34 Å². The summed E-state index contributed by atoms with van der Waals surface area (Å²) in [5.41, 5.74) is 5.39. The fourth-order valence-corrected chi connectivity index (χ4v) is 4.40. The summed E-state index contributed by atoms with van der Waals surface area (Å²) in [6, 6.07) is 22.3. The molecule has 0 aliphatic heterocycles. The number of rotatable bonds is 8. The monoisotopic (exact) mass is 450 g/mol. The summed E-state index contributed by atoms with van der Waals surface area (Å²) in [6.45, 7) is 0.931. The van der Waals surface area contributed by atoms with E-state index in [0.29, 0.717) is 27.8 Å². The van der Waals surface area contributed by atoms with Crippen molar-refractivity contribution in [3.8, 4) is 22.4 Å². The molecular formula is C25H23ClN2O2S. The second kappa shape index (κ2) is 9.60. The number of Topliss-reactive ketones (excluding diaryl/α,β-unsaturated/α-hetero) is 1. The maximum atomic E-state index is 12.2. The van der Waals surface area contributed by atoms with Crippen molar-refractivity contribution >= 4 is 28.7 Å². The van der Waals surface area contributed by atoms with E-state index < -0.39 is 0 Å². The standard InChI is InChI=1S/C25H23ClN2O2S/c1-28(2)16-17-3-5-18(6-4-17)19-7-9-20(10-8-19)22-15-21(30-27-22)11-12-23(29)24-13-14-25(26)31-24/h3-10,13-15H,11-12,16H2,1-2H3. The smallest absolute Gasteiger partial charge is 0.173 e. The van der Waals surface area contributed by atoms with Gasteiger partial charge >= 0.3 is 0 Å². The number of carbonyl (C=O) groups is 1. The third kappa shape index (κ3) is 5.50. The van der Waals surface area contributed by atoms with Gasteiger partial charge in [0.25, 0.3) is 0 Å². The fraction of sp³-hybridized carbons (Fsp3) is 0.200. The Morgan fingerprint density at radius 1 is 0.968 bits per heavy atom. The van der Waals surface area contributed by atoms with Gasteiger partial charge in [-0.05, 0) is 42.9 Å². The lowest BCUT2D eigenvalue weighted by atomic mass is 10.0. The normalized spacial score (nSPS) is 11.2. The minimum absolute atomic E-state index is 0.0656. The number of hydrogen-bond donors (Lipinski definition) is 0. The molecule has 0 aliphatic carbocycles. The van der Waals surface area contributed by atoms with E-state index in [2.05, 4.69) is 60.6 Å². The van der Waals surface area contributed by atoms with Gasteiger partial charge in [-0.15, -0.1) is 11.3 Å². The zero-order chi connectivity index (χ0) is 21.8. The summed E-state index contributed by atoms with van der Waals surface area (Å²) in [7, 11) is 4.14. The van der Waals surface area contributed by atoms with Gasteiger partial charge in [-0.1, -0.05) is 65.3 Å². The number of hydrogen-bond acceptors (Lipinski definition) is 5. The summed E-state index contributed by atoms with van der Waals surface area (Å²) in [4.78, 5) is 15.1. The molecule has 0 bridgehead atoms. The zero-order valence-electron chi connectivity index (χ0n) is 17.5. The maximum absolute atomic E-state index is 12.2. The van der Waals surface area contributed by atoms with Crippen LogP contribution in [0.15, 0.2) is 71.3 Å². The van der Waals surface area contributed by atoms with Crippen LogP contribution in [0, 0.1) is 0 Å². The molecular weight excluding hydrogens is 428 g/mol. The van der Waals surface area contributed by atoms with E-state index in [9.17, 15) is 4.79 Å². The van der Waals surface area contributed by atoms with E-state index in [1.807, 2.05) is 18.2 Å². The van der Waals surface area contributed by atoms with Gasteiger partial charge in [0, 0.05) is 31.0 Å². The maximum Gasteiger partial charge on any atom is 0.173 e. The highest BCUT2D eigenvalue weighted by Gasteiger charge is 2.12. The van der Waals surface area contributed by atoms with Crippen LogP contribution in [0.1, 0.15) is 27.4 Å². The third-order valence-electron chi connectivity index (χ3n) is 4.97. The summed E-state index contributed by atoms with van der Waals surface area (Å²) >= 11 is 7.21. The predicted octanol–water partition coefficient (Wildman–Crippen LogP) is 6.60. The van der Waals surface area contributed by atoms with Gasteiger partial charge in [-0.2, -0.15) is 0 Å². The Bertz CT molecular complexity index is 1160. The molecule has 2 aromatic heterocycles. The van der Waals surface area contributed by atoms with Crippen molar-refractivity contribution in [2.24, 2.45) is 0 Å². The first-order chi connectivity index (χ1) is 15.0. The predicted molar refractivity (Wildman–Crippen MR) is 127 cm³/mol. The molecule has 0 unspecified atom stereocenters. The van der Waals surface area contributed by atoms with Crippen LogP contribution in [-0.2, 0) is 13.0 Å². The van der Waals surface area contributed by atoms with Gasteiger partial charge < -0.3 is 9.42 Å². The summed E-state index contributed by atoms with van der Waals surface area (Å²) in [5, 5.41) is 4.17. The van der Waals surface area contributed by atoms with Gasteiger partial charge in [0.1, 0.15) is 11.5 Å². The second-order valence-electron chi connectivity index (χ2n) is 7.72. The van der Waals surface area contributed by atoms with E-state index in [1.165, 1.54) is 22.5 Å². The summed E-state index contributed by atoms with van der Waals surface area (Å²) in [6.07, 6.45) is 0.882. The lowest BCUT2D eigenvalue weighted by Gasteiger charge is -2.10. The van der Waals surface area contributed by atoms with Crippen molar-refractivity contribution in [1.82, 2.24) is 10.1 Å². The Hall–Kier alpha value is -2.73. The average molecular weight is 451 g/mol. The molecule has 31 heavy (non-hydrogen) atoms. The van der Waals surface area contributed by atoms with Crippen LogP contribution in [-0.4, -0.2) is 29.9 Å². The molecule has 0 saturated carbocycles. The Labute approximate surface area is 191 Å². The number of nitrogens with zero attached hydrogens (tertiary/aromatic N) is 2. The molecule has 0 aliphatic rings. The van der Waals surface area contributed by atoms with Gasteiger partial charge in [-0.3, -0.25) is 4.79 Å². The molecule has 0 atom stereocenters. The van der Waals surface area contributed by atoms with Crippen molar-refractivity contribution in [2.75, 3.05) is 14.1 Å². The molecule has 4 aromatic rings. The highest BCUT2D eigenvalue weighted by Crippen LogP contribution is 2.26. The van der Waals surface area contributed by atoms with Crippen LogP contribution in [0.4, 0.5) is 0 Å². The van der Waals surface area contributed by atoms with Gasteiger partial charge in [0.2, 0.25) is 0 Å². The summed E-state index contributed by atoms with van der Waals surface area (Å²) in [5.74, 6) is 0.766. The quantitative estimate of drug-likeness (QED) is 0.284. The first kappa shape index (κ1) is 21.5. The number of aromatic nitrogens is 1. The van der Waals surface area contributed by atoms with Gasteiger partial charge in [0.15, 0.2) is 5.78 Å². The topological polar surface area (TPSA) is 46.3 Å². The fourth-order valence-electron chi connectivity index (χ4n) is 3.39. The lowest BCUT2D eigenvalue weighted by Crippen LogP contribution is -2.10.